The van der Waals surface area contributed by atoms with Gasteiger partial charge in [0.05, 0.1) is 11.0 Å². The van der Waals surface area contributed by atoms with Gasteiger partial charge in [-0.2, -0.15) is 0 Å². The number of hydrogen-bond acceptors (Lipinski definition) is 2. The molecule has 3 nitrogen and oxygen atoms in total. The summed E-state index contributed by atoms with van der Waals surface area (Å²) in [4.78, 5) is 4.93. The summed E-state index contributed by atoms with van der Waals surface area (Å²) in [5.41, 5.74) is 8.83. The van der Waals surface area contributed by atoms with Gasteiger partial charge in [-0.25, -0.2) is 4.98 Å². The third kappa shape index (κ3) is 2.47. The van der Waals surface area contributed by atoms with Gasteiger partial charge in [0.1, 0.15) is 5.82 Å². The summed E-state index contributed by atoms with van der Waals surface area (Å²) >= 11 is 0. The van der Waals surface area contributed by atoms with E-state index >= 15 is 0 Å². The van der Waals surface area contributed by atoms with Gasteiger partial charge in [-0.15, -0.1) is 0 Å². The highest BCUT2D eigenvalue weighted by atomic mass is 15.1. The minimum atomic E-state index is 0.268. The number of aryl methyl sites for hydroxylation is 1. The van der Waals surface area contributed by atoms with Crippen molar-refractivity contribution in [3.63, 3.8) is 0 Å². The van der Waals surface area contributed by atoms with Crippen LogP contribution < -0.4 is 5.73 Å². The average molecular weight is 271 g/mol. The largest absolute Gasteiger partial charge is 0.328 e. The molecule has 0 aliphatic heterocycles. The molecule has 0 radical (unpaired) electrons. The van der Waals surface area contributed by atoms with E-state index < -0.39 is 0 Å². The molecule has 0 bridgehead atoms. The quantitative estimate of drug-likeness (QED) is 0.862. The Balaban J connectivity index is 2.06. The van der Waals surface area contributed by atoms with Crippen LogP contribution in [0.3, 0.4) is 0 Å². The SMILES string of the molecule is CCCn1c(C2CCCCCC2N)nc2ccccc21. The van der Waals surface area contributed by atoms with Crippen LogP contribution in [0.4, 0.5) is 0 Å². The fourth-order valence-electron chi connectivity index (χ4n) is 3.49. The van der Waals surface area contributed by atoms with Crippen LogP contribution in [0.15, 0.2) is 24.3 Å². The number of para-hydroxylation sites is 2. The second kappa shape index (κ2) is 5.96. The molecule has 2 atom stereocenters. The molecule has 1 heterocycles. The topological polar surface area (TPSA) is 43.8 Å². The van der Waals surface area contributed by atoms with Crippen molar-refractivity contribution >= 4 is 11.0 Å². The number of nitrogens with zero attached hydrogens (tertiary/aromatic N) is 2. The van der Waals surface area contributed by atoms with Gasteiger partial charge in [0.2, 0.25) is 0 Å². The smallest absolute Gasteiger partial charge is 0.114 e. The maximum atomic E-state index is 6.44. The molecule has 3 heteroatoms. The summed E-state index contributed by atoms with van der Waals surface area (Å²) in [5.74, 6) is 1.65. The van der Waals surface area contributed by atoms with Crippen LogP contribution in [-0.4, -0.2) is 15.6 Å². The lowest BCUT2D eigenvalue weighted by atomic mass is 9.94. The third-order valence-electron chi connectivity index (χ3n) is 4.53. The number of rotatable bonds is 3. The standard InChI is InChI=1S/C17H25N3/c1-2-12-20-16-11-7-6-10-15(16)19-17(20)13-8-4-3-5-9-14(13)18/h6-7,10-11,13-14H,2-5,8-9,12,18H2,1H3. The first-order chi connectivity index (χ1) is 9.81. The second-order valence-electron chi connectivity index (χ2n) is 6.02. The number of aromatic nitrogens is 2. The Kier molecular flexibility index (Phi) is 4.06. The van der Waals surface area contributed by atoms with E-state index in [1.165, 1.54) is 37.0 Å². The van der Waals surface area contributed by atoms with Crippen LogP contribution in [-0.2, 0) is 6.54 Å². The Bertz CT molecular complexity index is 573. The number of nitrogens with two attached hydrogens (primary N) is 1. The molecular weight excluding hydrogens is 246 g/mol. The molecule has 0 saturated heterocycles. The zero-order valence-electron chi connectivity index (χ0n) is 12.4. The summed E-state index contributed by atoms with van der Waals surface area (Å²) in [6.45, 7) is 3.27. The number of fused-ring (bicyclic) bond motifs is 1. The fourth-order valence-corrected chi connectivity index (χ4v) is 3.49. The molecule has 2 unspecified atom stereocenters. The molecule has 1 aliphatic rings. The Labute approximate surface area is 121 Å². The van der Waals surface area contributed by atoms with Crippen LogP contribution in [0.25, 0.3) is 11.0 Å². The van der Waals surface area contributed by atoms with Crippen molar-refractivity contribution < 1.29 is 0 Å². The highest BCUT2D eigenvalue weighted by molar-refractivity contribution is 5.76. The number of imidazole rings is 1. The molecule has 2 aromatic rings. The molecule has 1 saturated carbocycles. The van der Waals surface area contributed by atoms with E-state index in [0.29, 0.717) is 5.92 Å². The highest BCUT2D eigenvalue weighted by Gasteiger charge is 2.27. The molecule has 20 heavy (non-hydrogen) atoms. The third-order valence-corrected chi connectivity index (χ3v) is 4.53. The van der Waals surface area contributed by atoms with Crippen LogP contribution in [0.1, 0.15) is 57.2 Å². The molecule has 108 valence electrons. The van der Waals surface area contributed by atoms with Crippen molar-refractivity contribution in [2.75, 3.05) is 0 Å². The molecule has 0 amide bonds. The molecule has 1 fully saturated rings. The first-order valence-corrected chi connectivity index (χ1v) is 8.02. The van der Waals surface area contributed by atoms with Crippen molar-refractivity contribution in [3.05, 3.63) is 30.1 Å². The maximum absolute atomic E-state index is 6.44. The average Bonchev–Trinajstić information content (AvgIpc) is 2.67. The minimum Gasteiger partial charge on any atom is -0.328 e. The Morgan fingerprint density at radius 2 is 2.00 bits per heavy atom. The first-order valence-electron chi connectivity index (χ1n) is 8.02. The normalized spacial score (nSPS) is 23.9. The van der Waals surface area contributed by atoms with Crippen LogP contribution in [0, 0.1) is 0 Å². The van der Waals surface area contributed by atoms with Crippen LogP contribution >= 0.6 is 0 Å². The number of benzene rings is 1. The van der Waals surface area contributed by atoms with E-state index in [9.17, 15) is 0 Å². The minimum absolute atomic E-state index is 0.268. The lowest BCUT2D eigenvalue weighted by Gasteiger charge is -2.22. The van der Waals surface area contributed by atoms with Gasteiger partial charge in [-0.1, -0.05) is 38.3 Å². The van der Waals surface area contributed by atoms with Crippen molar-refractivity contribution in [1.82, 2.24) is 9.55 Å². The summed E-state index contributed by atoms with van der Waals surface area (Å²) in [6.07, 6.45) is 7.33. The Morgan fingerprint density at radius 3 is 2.85 bits per heavy atom. The van der Waals surface area contributed by atoms with Crippen LogP contribution in [0.2, 0.25) is 0 Å². The zero-order valence-corrected chi connectivity index (χ0v) is 12.4. The van der Waals surface area contributed by atoms with E-state index in [-0.39, 0.29) is 6.04 Å². The van der Waals surface area contributed by atoms with Crippen molar-refractivity contribution in [2.24, 2.45) is 5.73 Å². The highest BCUT2D eigenvalue weighted by Crippen LogP contribution is 2.32. The van der Waals surface area contributed by atoms with Crippen LogP contribution in [0.5, 0.6) is 0 Å². The van der Waals surface area contributed by atoms with E-state index in [4.69, 9.17) is 10.7 Å². The predicted octanol–water partition coefficient (Wildman–Crippen LogP) is 3.82. The van der Waals surface area contributed by atoms with Gasteiger partial charge in [0, 0.05) is 18.5 Å². The van der Waals surface area contributed by atoms with E-state index in [2.05, 4.69) is 35.8 Å². The van der Waals surface area contributed by atoms with Gasteiger partial charge in [-0.3, -0.25) is 0 Å². The molecule has 1 aliphatic carbocycles. The summed E-state index contributed by atoms with van der Waals surface area (Å²) in [6, 6.07) is 8.75. The van der Waals surface area contributed by atoms with E-state index in [1.54, 1.807) is 0 Å². The predicted molar refractivity (Wildman–Crippen MR) is 83.8 cm³/mol. The van der Waals surface area contributed by atoms with Crippen molar-refractivity contribution in [2.45, 2.75) is 64.0 Å². The lowest BCUT2D eigenvalue weighted by Crippen LogP contribution is -2.29. The monoisotopic (exact) mass is 271 g/mol. The van der Waals surface area contributed by atoms with Gasteiger partial charge in [0.25, 0.3) is 0 Å². The van der Waals surface area contributed by atoms with Gasteiger partial charge < -0.3 is 10.3 Å². The Hall–Kier alpha value is -1.35. The summed E-state index contributed by atoms with van der Waals surface area (Å²) in [7, 11) is 0. The number of hydrogen-bond donors (Lipinski definition) is 1. The van der Waals surface area contributed by atoms with Crippen molar-refractivity contribution in [1.29, 1.82) is 0 Å². The maximum Gasteiger partial charge on any atom is 0.114 e. The Morgan fingerprint density at radius 1 is 1.20 bits per heavy atom. The molecule has 1 aromatic carbocycles. The van der Waals surface area contributed by atoms with Gasteiger partial charge in [0.15, 0.2) is 0 Å². The van der Waals surface area contributed by atoms with Gasteiger partial charge in [-0.05, 0) is 31.4 Å². The second-order valence-corrected chi connectivity index (χ2v) is 6.02. The first kappa shape index (κ1) is 13.6. The van der Waals surface area contributed by atoms with E-state index in [1.807, 2.05) is 0 Å². The zero-order chi connectivity index (χ0) is 13.9. The van der Waals surface area contributed by atoms with Gasteiger partial charge >= 0.3 is 0 Å². The fraction of sp³-hybridized carbons (Fsp3) is 0.588. The van der Waals surface area contributed by atoms with Crippen molar-refractivity contribution in [3.8, 4) is 0 Å². The van der Waals surface area contributed by atoms with E-state index in [0.717, 1.165) is 24.9 Å². The molecule has 0 spiro atoms. The summed E-state index contributed by atoms with van der Waals surface area (Å²) in [5, 5.41) is 0. The molecule has 3 rings (SSSR count). The molecule has 2 N–H and O–H groups in total. The lowest BCUT2D eigenvalue weighted by molar-refractivity contribution is 0.463. The molecular formula is C17H25N3. The summed E-state index contributed by atoms with van der Waals surface area (Å²) < 4.78 is 2.41. The molecule has 1 aromatic heterocycles.